The fraction of sp³-hybridized carbons (Fsp3) is 0.909. The van der Waals surface area contributed by atoms with Gasteiger partial charge in [-0.2, -0.15) is 0 Å². The minimum atomic E-state index is 0. The van der Waals surface area contributed by atoms with Crippen molar-refractivity contribution in [3.63, 3.8) is 0 Å². The number of amidine groups is 1. The summed E-state index contributed by atoms with van der Waals surface area (Å²) in [5, 5.41) is 4.38. The van der Waals surface area contributed by atoms with Gasteiger partial charge in [0.05, 0.1) is 0 Å². The molecule has 0 saturated carbocycles. The normalized spacial score (nSPS) is 10.8. The number of halogens is 2. The van der Waals surface area contributed by atoms with E-state index in [-0.39, 0.29) is 34.0 Å². The molecule has 0 atom stereocenters. The van der Waals surface area contributed by atoms with Crippen LogP contribution >= 0.6 is 45.7 Å². The van der Waals surface area contributed by atoms with Crippen molar-refractivity contribution in [2.75, 3.05) is 38.5 Å². The minimum absolute atomic E-state index is 0. The van der Waals surface area contributed by atoms with Gasteiger partial charge in [-0.1, -0.05) is 25.6 Å². The highest BCUT2D eigenvalue weighted by atomic mass is 79.9. The first kappa shape index (κ1) is 22.9. The molecule has 0 aliphatic rings. The van der Waals surface area contributed by atoms with Crippen molar-refractivity contribution in [3.05, 3.63) is 0 Å². The van der Waals surface area contributed by atoms with Crippen molar-refractivity contribution in [2.45, 2.75) is 27.7 Å². The Hall–Kier alpha value is 0.740. The highest BCUT2D eigenvalue weighted by Gasteiger charge is 2.01. The van der Waals surface area contributed by atoms with E-state index in [9.17, 15) is 0 Å². The Morgan fingerprint density at radius 1 is 1.12 bits per heavy atom. The van der Waals surface area contributed by atoms with Crippen molar-refractivity contribution in [3.8, 4) is 0 Å². The first-order chi connectivity index (χ1) is 7.28. The van der Waals surface area contributed by atoms with Gasteiger partial charge >= 0.3 is 0 Å². The monoisotopic (exact) mass is 391 g/mol. The van der Waals surface area contributed by atoms with E-state index in [1.165, 1.54) is 0 Å². The molecule has 3 nitrogen and oxygen atoms in total. The van der Waals surface area contributed by atoms with Crippen molar-refractivity contribution in [2.24, 2.45) is 4.99 Å². The van der Waals surface area contributed by atoms with Gasteiger partial charge in [-0.25, -0.2) is 0 Å². The van der Waals surface area contributed by atoms with E-state index in [0.29, 0.717) is 0 Å². The fourth-order valence-electron chi connectivity index (χ4n) is 1.26. The third-order valence-corrected chi connectivity index (χ3v) is 3.10. The van der Waals surface area contributed by atoms with Crippen molar-refractivity contribution >= 4 is 50.9 Å². The highest BCUT2D eigenvalue weighted by molar-refractivity contribution is 8.93. The van der Waals surface area contributed by atoms with Crippen LogP contribution in [0.4, 0.5) is 0 Å². The number of thioether (sulfide) groups is 1. The molecule has 0 amide bonds. The summed E-state index contributed by atoms with van der Waals surface area (Å²) in [4.78, 5) is 6.85. The number of nitrogens with one attached hydrogen (secondary N) is 1. The van der Waals surface area contributed by atoms with Gasteiger partial charge in [-0.3, -0.25) is 4.99 Å². The molecule has 0 aromatic rings. The molecule has 106 valence electrons. The van der Waals surface area contributed by atoms with Gasteiger partial charge in [0, 0.05) is 25.4 Å². The molecule has 1 N–H and O–H groups in total. The average Bonchev–Trinajstić information content (AvgIpc) is 2.25. The quantitative estimate of drug-likeness (QED) is 0.532. The third-order valence-electron chi connectivity index (χ3n) is 2.17. The number of hydrogen-bond acceptors (Lipinski definition) is 3. The van der Waals surface area contributed by atoms with Crippen molar-refractivity contribution in [1.82, 2.24) is 10.2 Å². The van der Waals surface area contributed by atoms with Gasteiger partial charge in [-0.05, 0) is 26.9 Å². The van der Waals surface area contributed by atoms with Crippen LogP contribution in [-0.2, 0) is 0 Å². The van der Waals surface area contributed by atoms with Crippen LogP contribution in [0.5, 0.6) is 0 Å². The van der Waals surface area contributed by atoms with Crippen LogP contribution in [0.2, 0.25) is 0 Å². The van der Waals surface area contributed by atoms with Gasteiger partial charge < -0.3 is 10.2 Å². The van der Waals surface area contributed by atoms with Crippen molar-refractivity contribution < 1.29 is 0 Å². The maximum absolute atomic E-state index is 4.41. The Labute approximate surface area is 132 Å². The van der Waals surface area contributed by atoms with E-state index >= 15 is 0 Å². The second kappa shape index (κ2) is 16.7. The topological polar surface area (TPSA) is 27.6 Å². The van der Waals surface area contributed by atoms with Gasteiger partial charge in [0.2, 0.25) is 0 Å². The zero-order chi connectivity index (χ0) is 11.5. The van der Waals surface area contributed by atoms with Gasteiger partial charge in [-0.15, -0.1) is 34.0 Å². The maximum Gasteiger partial charge on any atom is 0.156 e. The lowest BCUT2D eigenvalue weighted by Crippen LogP contribution is -2.27. The molecule has 0 rings (SSSR count). The zero-order valence-corrected chi connectivity index (χ0v) is 15.6. The molecule has 0 bridgehead atoms. The summed E-state index contributed by atoms with van der Waals surface area (Å²) in [5.41, 5.74) is 0. The molecule has 0 fully saturated rings. The minimum Gasteiger partial charge on any atom is -0.365 e. The molecule has 0 aromatic heterocycles. The predicted octanol–water partition coefficient (Wildman–Crippen LogP) is 3.20. The fourth-order valence-corrected chi connectivity index (χ4v) is 2.27. The van der Waals surface area contributed by atoms with Gasteiger partial charge in [0.25, 0.3) is 0 Å². The molecule has 17 heavy (non-hydrogen) atoms. The van der Waals surface area contributed by atoms with Gasteiger partial charge in [0.15, 0.2) is 5.17 Å². The Balaban J connectivity index is -0.000000980. The lowest BCUT2D eigenvalue weighted by molar-refractivity contribution is 0.324. The number of rotatable bonds is 7. The highest BCUT2D eigenvalue weighted by Crippen LogP contribution is 2.03. The van der Waals surface area contributed by atoms with Crippen molar-refractivity contribution in [1.29, 1.82) is 0 Å². The number of nitrogens with zero attached hydrogens (tertiary/aromatic N) is 2. The average molecular weight is 393 g/mol. The lowest BCUT2D eigenvalue weighted by Gasteiger charge is -2.17. The molecule has 0 spiro atoms. The third kappa shape index (κ3) is 13.0. The summed E-state index contributed by atoms with van der Waals surface area (Å²) >= 11 is 1.83. The van der Waals surface area contributed by atoms with E-state index in [1.54, 1.807) is 0 Å². The summed E-state index contributed by atoms with van der Waals surface area (Å²) in [7, 11) is 0. The number of hydrogen-bond donors (Lipinski definition) is 1. The van der Waals surface area contributed by atoms with Crippen LogP contribution in [0.1, 0.15) is 27.7 Å². The van der Waals surface area contributed by atoms with Crippen LogP contribution < -0.4 is 5.32 Å². The molecule has 6 heteroatoms. The smallest absolute Gasteiger partial charge is 0.156 e. The van der Waals surface area contributed by atoms with Crippen LogP contribution in [0.15, 0.2) is 4.99 Å². The summed E-state index contributed by atoms with van der Waals surface area (Å²) in [5.74, 6) is 1.12. The molecule has 0 saturated heterocycles. The lowest BCUT2D eigenvalue weighted by atomic mass is 10.5. The zero-order valence-electron chi connectivity index (χ0n) is 11.4. The second-order valence-corrected chi connectivity index (χ2v) is 4.27. The summed E-state index contributed by atoms with van der Waals surface area (Å²) in [6, 6.07) is 0. The maximum atomic E-state index is 4.41. The van der Waals surface area contributed by atoms with Crippen LogP contribution in [0, 0.1) is 0 Å². The summed E-state index contributed by atoms with van der Waals surface area (Å²) < 4.78 is 0. The molecular formula is C11H27Br2N3S. The second-order valence-electron chi connectivity index (χ2n) is 3.19. The van der Waals surface area contributed by atoms with E-state index in [2.05, 4.69) is 42.9 Å². The largest absolute Gasteiger partial charge is 0.365 e. The first-order valence-corrected chi connectivity index (χ1v) is 6.90. The Bertz CT molecular complexity index is 176. The van der Waals surface area contributed by atoms with E-state index in [4.69, 9.17) is 0 Å². The first-order valence-electron chi connectivity index (χ1n) is 5.91. The standard InChI is InChI=1S/C11H25N3S.2BrH/c1-5-12-11(13-6-2)15-10-9-14(7-3)8-4;;/h5-10H2,1-4H3,(H,12,13);2*1H. The van der Waals surface area contributed by atoms with Crippen LogP contribution in [-0.4, -0.2) is 48.5 Å². The van der Waals surface area contributed by atoms with Crippen LogP contribution in [0.3, 0.4) is 0 Å². The number of aliphatic imine (C=N–C) groups is 1. The molecule has 0 aliphatic carbocycles. The molecule has 0 heterocycles. The van der Waals surface area contributed by atoms with Crippen LogP contribution in [0.25, 0.3) is 0 Å². The SMILES string of the molecule is Br.Br.CCN=C(NCC)SCCN(CC)CC. The Morgan fingerprint density at radius 2 is 1.71 bits per heavy atom. The van der Waals surface area contributed by atoms with E-state index in [1.807, 2.05) is 11.8 Å². The molecule has 0 radical (unpaired) electrons. The Morgan fingerprint density at radius 3 is 2.12 bits per heavy atom. The molecular weight excluding hydrogens is 366 g/mol. The van der Waals surface area contributed by atoms with E-state index in [0.717, 1.165) is 43.6 Å². The van der Waals surface area contributed by atoms with E-state index < -0.39 is 0 Å². The molecule has 0 aromatic carbocycles. The molecule has 0 unspecified atom stereocenters. The Kier molecular flexibility index (Phi) is 22.5. The summed E-state index contributed by atoms with van der Waals surface area (Å²) in [6.45, 7) is 13.8. The predicted molar refractivity (Wildman–Crippen MR) is 92.5 cm³/mol. The summed E-state index contributed by atoms with van der Waals surface area (Å²) in [6.07, 6.45) is 0. The van der Waals surface area contributed by atoms with Gasteiger partial charge in [0.1, 0.15) is 0 Å². The molecule has 0 aliphatic heterocycles.